The van der Waals surface area contributed by atoms with Crippen molar-refractivity contribution in [3.05, 3.63) is 18.2 Å². The Morgan fingerprint density at radius 3 is 2.94 bits per heavy atom. The molecule has 0 unspecified atom stereocenters. The first-order chi connectivity index (χ1) is 8.53. The van der Waals surface area contributed by atoms with Crippen molar-refractivity contribution in [2.75, 3.05) is 25.2 Å². The minimum absolute atomic E-state index is 0.0517. The molecule has 18 heavy (non-hydrogen) atoms. The normalized spacial score (nSPS) is 12.1. The predicted molar refractivity (Wildman–Crippen MR) is 72.6 cm³/mol. The van der Waals surface area contributed by atoms with Crippen molar-refractivity contribution in [2.45, 2.75) is 10.8 Å². The average molecular weight is 286 g/mol. The highest BCUT2D eigenvalue weighted by Crippen LogP contribution is 2.27. The van der Waals surface area contributed by atoms with Crippen LogP contribution in [0.1, 0.15) is 6.42 Å². The molecule has 1 aromatic carbocycles. The van der Waals surface area contributed by atoms with E-state index in [-0.39, 0.29) is 10.1 Å². The van der Waals surface area contributed by atoms with Crippen LogP contribution in [0.4, 0.5) is 5.69 Å². The number of methoxy groups -OCH3 is 1. The van der Waals surface area contributed by atoms with Crippen LogP contribution in [0.5, 0.6) is 0 Å². The van der Waals surface area contributed by atoms with Crippen LogP contribution in [0, 0.1) is 0 Å². The number of nitrogens with zero attached hydrogens (tertiary/aromatic N) is 1. The van der Waals surface area contributed by atoms with E-state index in [1.807, 2.05) is 0 Å². The van der Waals surface area contributed by atoms with E-state index in [1.54, 1.807) is 25.3 Å². The van der Waals surface area contributed by atoms with Gasteiger partial charge in [-0.3, -0.25) is 0 Å². The van der Waals surface area contributed by atoms with Crippen LogP contribution in [0.3, 0.4) is 0 Å². The molecular formula is C11H14N2O3S2. The number of anilines is 1. The largest absolute Gasteiger partial charge is 0.399 e. The maximum absolute atomic E-state index is 12.0. The molecule has 2 rings (SSSR count). The Balaban J connectivity index is 2.30. The number of benzene rings is 1. The van der Waals surface area contributed by atoms with Crippen molar-refractivity contribution in [1.82, 2.24) is 4.98 Å². The first-order valence-electron chi connectivity index (χ1n) is 5.41. The standard InChI is InChI=1S/C11H14N2O3S2/c1-16-5-2-6-18(14,15)11-13-9-4-3-8(12)7-10(9)17-11/h3-4,7H,2,5-6,12H2,1H3. The Labute approximate surface area is 110 Å². The summed E-state index contributed by atoms with van der Waals surface area (Å²) in [7, 11) is -1.77. The topological polar surface area (TPSA) is 82.3 Å². The van der Waals surface area contributed by atoms with Crippen LogP contribution in [-0.2, 0) is 14.6 Å². The van der Waals surface area contributed by atoms with Crippen LogP contribution in [0.2, 0.25) is 0 Å². The van der Waals surface area contributed by atoms with E-state index in [4.69, 9.17) is 10.5 Å². The lowest BCUT2D eigenvalue weighted by molar-refractivity contribution is 0.199. The van der Waals surface area contributed by atoms with Gasteiger partial charge in [0.15, 0.2) is 0 Å². The van der Waals surface area contributed by atoms with Gasteiger partial charge in [-0.1, -0.05) is 0 Å². The Morgan fingerprint density at radius 2 is 2.22 bits per heavy atom. The van der Waals surface area contributed by atoms with E-state index >= 15 is 0 Å². The summed E-state index contributed by atoms with van der Waals surface area (Å²) in [5, 5.41) is 0. The SMILES string of the molecule is COCCCS(=O)(=O)c1nc2ccc(N)cc2s1. The molecule has 0 aliphatic heterocycles. The molecular weight excluding hydrogens is 272 g/mol. The molecule has 0 aliphatic rings. The number of nitrogens with two attached hydrogens (primary N) is 1. The Kier molecular flexibility index (Phi) is 3.84. The minimum Gasteiger partial charge on any atom is -0.399 e. The first kappa shape index (κ1) is 13.3. The van der Waals surface area contributed by atoms with Crippen molar-refractivity contribution in [3.8, 4) is 0 Å². The monoisotopic (exact) mass is 286 g/mol. The molecule has 0 bridgehead atoms. The van der Waals surface area contributed by atoms with Gasteiger partial charge in [-0.2, -0.15) is 0 Å². The second-order valence-corrected chi connectivity index (χ2v) is 7.19. The molecule has 0 radical (unpaired) electrons. The van der Waals surface area contributed by atoms with E-state index in [1.165, 1.54) is 0 Å². The number of aromatic nitrogens is 1. The van der Waals surface area contributed by atoms with Crippen molar-refractivity contribution in [2.24, 2.45) is 0 Å². The van der Waals surface area contributed by atoms with E-state index in [0.717, 1.165) is 16.0 Å². The summed E-state index contributed by atoms with van der Waals surface area (Å²) in [5.41, 5.74) is 6.93. The van der Waals surface area contributed by atoms with Gasteiger partial charge in [0, 0.05) is 19.4 Å². The first-order valence-corrected chi connectivity index (χ1v) is 7.87. The predicted octanol–water partition coefficient (Wildman–Crippen LogP) is 1.69. The van der Waals surface area contributed by atoms with Crippen LogP contribution in [0.25, 0.3) is 10.2 Å². The summed E-state index contributed by atoms with van der Waals surface area (Å²) in [4.78, 5) is 4.14. The maximum Gasteiger partial charge on any atom is 0.210 e. The molecule has 1 heterocycles. The molecule has 5 nitrogen and oxygen atoms in total. The zero-order chi connectivity index (χ0) is 13.2. The number of sulfone groups is 1. The summed E-state index contributed by atoms with van der Waals surface area (Å²) < 4.78 is 29.8. The number of hydrogen-bond acceptors (Lipinski definition) is 6. The molecule has 0 fully saturated rings. The van der Waals surface area contributed by atoms with Crippen molar-refractivity contribution in [3.63, 3.8) is 0 Å². The fourth-order valence-corrected chi connectivity index (χ4v) is 4.22. The summed E-state index contributed by atoms with van der Waals surface area (Å²) in [5.74, 6) is 0.0517. The third kappa shape index (κ3) is 2.80. The van der Waals surface area contributed by atoms with Crippen molar-refractivity contribution >= 4 is 37.1 Å². The smallest absolute Gasteiger partial charge is 0.210 e. The van der Waals surface area contributed by atoms with Gasteiger partial charge in [0.1, 0.15) is 0 Å². The Bertz CT molecular complexity index is 649. The summed E-state index contributed by atoms with van der Waals surface area (Å²) >= 11 is 1.16. The number of rotatable bonds is 5. The van der Waals surface area contributed by atoms with Gasteiger partial charge in [0.2, 0.25) is 14.2 Å². The highest BCUT2D eigenvalue weighted by molar-refractivity contribution is 7.93. The van der Waals surface area contributed by atoms with E-state index in [0.29, 0.717) is 24.2 Å². The molecule has 0 atom stereocenters. The maximum atomic E-state index is 12.0. The highest BCUT2D eigenvalue weighted by Gasteiger charge is 2.19. The third-order valence-corrected chi connectivity index (χ3v) is 5.69. The number of hydrogen-bond donors (Lipinski definition) is 1. The minimum atomic E-state index is -3.32. The van der Waals surface area contributed by atoms with Crippen molar-refractivity contribution < 1.29 is 13.2 Å². The van der Waals surface area contributed by atoms with Gasteiger partial charge in [-0.25, -0.2) is 13.4 Å². The molecule has 1 aromatic heterocycles. The van der Waals surface area contributed by atoms with Gasteiger partial charge in [0.25, 0.3) is 0 Å². The lowest BCUT2D eigenvalue weighted by Gasteiger charge is -1.99. The van der Waals surface area contributed by atoms with Crippen molar-refractivity contribution in [1.29, 1.82) is 0 Å². The molecule has 2 N–H and O–H groups in total. The fraction of sp³-hybridized carbons (Fsp3) is 0.364. The molecule has 98 valence electrons. The highest BCUT2D eigenvalue weighted by atomic mass is 32.2. The number of thiazole rings is 1. The number of nitrogen functional groups attached to an aromatic ring is 1. The molecule has 0 aliphatic carbocycles. The molecule has 2 aromatic rings. The Hall–Kier alpha value is -1.18. The third-order valence-electron chi connectivity index (χ3n) is 2.42. The molecule has 0 spiro atoms. The molecule has 0 saturated heterocycles. The quantitative estimate of drug-likeness (QED) is 0.668. The van der Waals surface area contributed by atoms with Gasteiger partial charge in [-0.15, -0.1) is 11.3 Å². The summed E-state index contributed by atoms with van der Waals surface area (Å²) in [6, 6.07) is 5.18. The second-order valence-electron chi connectivity index (χ2n) is 3.87. The van der Waals surface area contributed by atoms with Crippen LogP contribution >= 0.6 is 11.3 Å². The van der Waals surface area contributed by atoms with Crippen LogP contribution in [0.15, 0.2) is 22.5 Å². The fourth-order valence-electron chi connectivity index (χ4n) is 1.53. The van der Waals surface area contributed by atoms with Gasteiger partial charge >= 0.3 is 0 Å². The number of ether oxygens (including phenoxy) is 1. The summed E-state index contributed by atoms with van der Waals surface area (Å²) in [6.45, 7) is 0.428. The van der Waals surface area contributed by atoms with E-state index < -0.39 is 9.84 Å². The Morgan fingerprint density at radius 1 is 1.44 bits per heavy atom. The van der Waals surface area contributed by atoms with Gasteiger partial charge < -0.3 is 10.5 Å². The second kappa shape index (κ2) is 5.21. The lowest BCUT2D eigenvalue weighted by atomic mass is 10.3. The average Bonchev–Trinajstić information content (AvgIpc) is 2.72. The number of fused-ring (bicyclic) bond motifs is 1. The zero-order valence-electron chi connectivity index (χ0n) is 9.92. The zero-order valence-corrected chi connectivity index (χ0v) is 11.6. The van der Waals surface area contributed by atoms with Crippen LogP contribution in [-0.4, -0.2) is 32.9 Å². The van der Waals surface area contributed by atoms with E-state index in [2.05, 4.69) is 4.98 Å². The molecule has 7 heteroatoms. The van der Waals surface area contributed by atoms with Gasteiger partial charge in [-0.05, 0) is 24.6 Å². The van der Waals surface area contributed by atoms with Crippen LogP contribution < -0.4 is 5.73 Å². The molecule has 0 amide bonds. The summed E-state index contributed by atoms with van der Waals surface area (Å²) in [6.07, 6.45) is 0.469. The van der Waals surface area contributed by atoms with Gasteiger partial charge in [0.05, 0.1) is 16.0 Å². The lowest BCUT2D eigenvalue weighted by Crippen LogP contribution is -2.08. The molecule has 0 saturated carbocycles. The van der Waals surface area contributed by atoms with E-state index in [9.17, 15) is 8.42 Å².